The number of nitrogens with one attached hydrogen (secondary N) is 1. The highest BCUT2D eigenvalue weighted by atomic mass is 14.8. The van der Waals surface area contributed by atoms with Crippen molar-refractivity contribution in [1.29, 1.82) is 0 Å². The normalized spacial score (nSPS) is 19.7. The molecule has 0 bridgehead atoms. The highest BCUT2D eigenvalue weighted by Crippen LogP contribution is 2.17. The summed E-state index contributed by atoms with van der Waals surface area (Å²) < 4.78 is 0. The molecule has 0 radical (unpaired) electrons. The van der Waals surface area contributed by atoms with Gasteiger partial charge in [-0.2, -0.15) is 0 Å². The molecule has 0 spiro atoms. The van der Waals surface area contributed by atoms with Crippen LogP contribution in [-0.4, -0.2) is 13.1 Å². The second-order valence-electron chi connectivity index (χ2n) is 4.50. The first-order valence-electron chi connectivity index (χ1n) is 6.37. The van der Waals surface area contributed by atoms with Gasteiger partial charge in [0.2, 0.25) is 0 Å². The summed E-state index contributed by atoms with van der Waals surface area (Å²) in [5.74, 6) is 0. The van der Waals surface area contributed by atoms with Gasteiger partial charge in [-0.05, 0) is 49.9 Å². The number of hydrogen-bond acceptors (Lipinski definition) is 1. The van der Waals surface area contributed by atoms with Gasteiger partial charge in [0.25, 0.3) is 0 Å². The van der Waals surface area contributed by atoms with Crippen LogP contribution in [0.3, 0.4) is 0 Å². The molecule has 0 saturated carbocycles. The lowest BCUT2D eigenvalue weighted by Gasteiger charge is -2.03. The Balaban J connectivity index is 2.07. The molecule has 2 rings (SSSR count). The lowest BCUT2D eigenvalue weighted by Crippen LogP contribution is -2.13. The quantitative estimate of drug-likeness (QED) is 0.797. The summed E-state index contributed by atoms with van der Waals surface area (Å²) >= 11 is 0. The van der Waals surface area contributed by atoms with Crippen LogP contribution in [0, 0.1) is 0 Å². The van der Waals surface area contributed by atoms with Crippen LogP contribution in [0.5, 0.6) is 0 Å². The second-order valence-corrected chi connectivity index (χ2v) is 4.50. The zero-order chi connectivity index (χ0) is 11.2. The number of benzene rings is 1. The minimum absolute atomic E-state index is 1.13. The van der Waals surface area contributed by atoms with Crippen LogP contribution < -0.4 is 5.32 Å². The molecule has 0 aromatic heterocycles. The predicted molar refractivity (Wildman–Crippen MR) is 70.5 cm³/mol. The van der Waals surface area contributed by atoms with Gasteiger partial charge >= 0.3 is 0 Å². The predicted octanol–water partition coefficient (Wildman–Crippen LogP) is 3.41. The van der Waals surface area contributed by atoms with E-state index in [0.717, 1.165) is 13.0 Å². The Kier molecular flexibility index (Phi) is 4.17. The maximum Gasteiger partial charge on any atom is -0.00115 e. The van der Waals surface area contributed by atoms with E-state index >= 15 is 0 Å². The maximum absolute atomic E-state index is 3.44. The van der Waals surface area contributed by atoms with Crippen LogP contribution in [0.1, 0.15) is 37.3 Å². The van der Waals surface area contributed by atoms with E-state index in [0.29, 0.717) is 0 Å². The Hall–Kier alpha value is -1.08. The van der Waals surface area contributed by atoms with E-state index in [1.165, 1.54) is 36.9 Å². The van der Waals surface area contributed by atoms with E-state index in [-0.39, 0.29) is 0 Å². The van der Waals surface area contributed by atoms with Crippen LogP contribution >= 0.6 is 0 Å². The number of rotatable bonds is 2. The zero-order valence-electron chi connectivity index (χ0n) is 10.1. The Morgan fingerprint density at radius 2 is 1.94 bits per heavy atom. The van der Waals surface area contributed by atoms with Gasteiger partial charge in [0.15, 0.2) is 0 Å². The molecule has 1 aliphatic rings. The summed E-state index contributed by atoms with van der Waals surface area (Å²) in [5, 5.41) is 3.44. The Bertz CT molecular complexity index is 338. The van der Waals surface area contributed by atoms with E-state index in [2.05, 4.69) is 42.6 Å². The molecule has 0 aliphatic carbocycles. The average Bonchev–Trinajstić information content (AvgIpc) is 2.59. The first-order chi connectivity index (χ1) is 7.88. The molecule has 1 aromatic carbocycles. The molecular formula is C15H21N. The van der Waals surface area contributed by atoms with E-state index in [1.54, 1.807) is 5.57 Å². The zero-order valence-corrected chi connectivity index (χ0v) is 10.1. The SMILES string of the molecule is CCc1ccc(/C=C2/CCCNCC2)cc1. The van der Waals surface area contributed by atoms with Crippen molar-refractivity contribution in [3.05, 3.63) is 41.0 Å². The van der Waals surface area contributed by atoms with Crippen LogP contribution in [0.15, 0.2) is 29.8 Å². The van der Waals surface area contributed by atoms with E-state index in [4.69, 9.17) is 0 Å². The topological polar surface area (TPSA) is 12.0 Å². The monoisotopic (exact) mass is 215 g/mol. The molecular weight excluding hydrogens is 194 g/mol. The van der Waals surface area contributed by atoms with Gasteiger partial charge in [0, 0.05) is 0 Å². The van der Waals surface area contributed by atoms with Gasteiger partial charge in [-0.3, -0.25) is 0 Å². The van der Waals surface area contributed by atoms with E-state index in [9.17, 15) is 0 Å². The van der Waals surface area contributed by atoms with Crippen molar-refractivity contribution in [3.63, 3.8) is 0 Å². The molecule has 1 N–H and O–H groups in total. The summed E-state index contributed by atoms with van der Waals surface area (Å²) in [6, 6.07) is 8.96. The number of hydrogen-bond donors (Lipinski definition) is 1. The molecule has 0 unspecified atom stereocenters. The first kappa shape index (κ1) is 11.4. The highest BCUT2D eigenvalue weighted by Gasteiger charge is 2.03. The van der Waals surface area contributed by atoms with Crippen LogP contribution in [-0.2, 0) is 6.42 Å². The largest absolute Gasteiger partial charge is 0.316 e. The molecule has 1 saturated heterocycles. The molecule has 1 aromatic rings. The van der Waals surface area contributed by atoms with Crippen molar-refractivity contribution in [2.75, 3.05) is 13.1 Å². The Morgan fingerprint density at radius 1 is 1.12 bits per heavy atom. The van der Waals surface area contributed by atoms with Crippen molar-refractivity contribution >= 4 is 6.08 Å². The van der Waals surface area contributed by atoms with Gasteiger partial charge in [0.1, 0.15) is 0 Å². The third-order valence-corrected chi connectivity index (χ3v) is 3.23. The van der Waals surface area contributed by atoms with Crippen LogP contribution in [0.4, 0.5) is 0 Å². The minimum atomic E-state index is 1.13. The lowest BCUT2D eigenvalue weighted by molar-refractivity contribution is 0.703. The molecule has 0 atom stereocenters. The summed E-state index contributed by atoms with van der Waals surface area (Å²) in [5.41, 5.74) is 4.37. The molecule has 1 nitrogen and oxygen atoms in total. The van der Waals surface area contributed by atoms with Gasteiger partial charge in [-0.25, -0.2) is 0 Å². The molecule has 1 heterocycles. The summed E-state index contributed by atoms with van der Waals surface area (Å²) in [6.45, 7) is 4.51. The molecule has 86 valence electrons. The van der Waals surface area contributed by atoms with Crippen molar-refractivity contribution < 1.29 is 0 Å². The molecule has 16 heavy (non-hydrogen) atoms. The van der Waals surface area contributed by atoms with Gasteiger partial charge in [0.05, 0.1) is 0 Å². The summed E-state index contributed by atoms with van der Waals surface area (Å²) in [4.78, 5) is 0. The molecule has 1 fully saturated rings. The van der Waals surface area contributed by atoms with Crippen molar-refractivity contribution in [3.8, 4) is 0 Å². The Morgan fingerprint density at radius 3 is 2.69 bits per heavy atom. The Labute approximate surface area is 98.6 Å². The maximum atomic E-state index is 3.44. The van der Waals surface area contributed by atoms with Crippen LogP contribution in [0.2, 0.25) is 0 Å². The van der Waals surface area contributed by atoms with Crippen molar-refractivity contribution in [2.24, 2.45) is 0 Å². The third kappa shape index (κ3) is 3.21. The fourth-order valence-electron chi connectivity index (χ4n) is 2.17. The standard InChI is InChI=1S/C15H21N/c1-2-13-5-7-15(8-6-13)12-14-4-3-10-16-11-9-14/h5-8,12,16H,2-4,9-11H2,1H3/b14-12-. The van der Waals surface area contributed by atoms with Crippen molar-refractivity contribution in [2.45, 2.75) is 32.6 Å². The van der Waals surface area contributed by atoms with Gasteiger partial charge in [-0.15, -0.1) is 0 Å². The molecule has 1 aliphatic heterocycles. The van der Waals surface area contributed by atoms with Crippen LogP contribution in [0.25, 0.3) is 6.08 Å². The smallest absolute Gasteiger partial charge is 0.00115 e. The summed E-state index contributed by atoms with van der Waals surface area (Å²) in [6.07, 6.45) is 7.23. The van der Waals surface area contributed by atoms with Crippen molar-refractivity contribution in [1.82, 2.24) is 5.32 Å². The van der Waals surface area contributed by atoms with Gasteiger partial charge in [-0.1, -0.05) is 42.8 Å². The van der Waals surface area contributed by atoms with Gasteiger partial charge < -0.3 is 5.32 Å². The van der Waals surface area contributed by atoms with E-state index in [1.807, 2.05) is 0 Å². The third-order valence-electron chi connectivity index (χ3n) is 3.23. The molecule has 0 amide bonds. The summed E-state index contributed by atoms with van der Waals surface area (Å²) in [7, 11) is 0. The first-order valence-corrected chi connectivity index (χ1v) is 6.37. The van der Waals surface area contributed by atoms with E-state index < -0.39 is 0 Å². The fourth-order valence-corrected chi connectivity index (χ4v) is 2.17. The average molecular weight is 215 g/mol. The fraction of sp³-hybridized carbons (Fsp3) is 0.467. The number of aryl methyl sites for hydroxylation is 1. The highest BCUT2D eigenvalue weighted by molar-refractivity contribution is 5.53. The molecule has 1 heteroatoms. The lowest BCUT2D eigenvalue weighted by atomic mass is 10.0. The second kappa shape index (κ2) is 5.86. The minimum Gasteiger partial charge on any atom is -0.316 e.